The first-order chi connectivity index (χ1) is 15.4. The molecule has 0 saturated heterocycles. The molecule has 1 amide bonds. The number of benzene rings is 2. The molecule has 0 aliphatic rings. The monoisotopic (exact) mass is 430 g/mol. The molecular formula is C25H26N4O3. The number of carbonyl (C=O) groups is 1. The summed E-state index contributed by atoms with van der Waals surface area (Å²) < 4.78 is 13.0. The van der Waals surface area contributed by atoms with Crippen LogP contribution >= 0.6 is 0 Å². The van der Waals surface area contributed by atoms with Crippen molar-refractivity contribution in [1.82, 2.24) is 14.9 Å². The number of carbonyl (C=O) groups excluding carboxylic acids is 1. The number of nitrogens with one attached hydrogen (secondary N) is 1. The molecule has 2 heterocycles. The van der Waals surface area contributed by atoms with Crippen LogP contribution in [0.1, 0.15) is 44.1 Å². The Bertz CT molecular complexity index is 1260. The molecule has 0 aliphatic carbocycles. The van der Waals surface area contributed by atoms with Crippen molar-refractivity contribution < 1.29 is 14.1 Å². The van der Waals surface area contributed by atoms with Crippen molar-refractivity contribution in [2.75, 3.05) is 5.32 Å². The predicted molar refractivity (Wildman–Crippen MR) is 122 cm³/mol. The van der Waals surface area contributed by atoms with Crippen molar-refractivity contribution in [3.63, 3.8) is 0 Å². The summed E-state index contributed by atoms with van der Waals surface area (Å²) in [6.07, 6.45) is 3.41. The molecule has 4 rings (SSSR count). The molecule has 0 bridgehead atoms. The van der Waals surface area contributed by atoms with Crippen LogP contribution in [0, 0.1) is 27.7 Å². The Morgan fingerprint density at radius 1 is 1.06 bits per heavy atom. The number of amides is 1. The van der Waals surface area contributed by atoms with E-state index in [2.05, 4.69) is 41.6 Å². The first-order valence-corrected chi connectivity index (χ1v) is 10.4. The Balaban J connectivity index is 1.43. The van der Waals surface area contributed by atoms with Crippen LogP contribution in [0.15, 0.2) is 59.4 Å². The number of rotatable bonds is 7. The second-order valence-corrected chi connectivity index (χ2v) is 7.91. The van der Waals surface area contributed by atoms with Crippen LogP contribution < -0.4 is 10.1 Å². The van der Waals surface area contributed by atoms with Gasteiger partial charge in [0.1, 0.15) is 18.1 Å². The predicted octanol–water partition coefficient (Wildman–Crippen LogP) is 4.98. The molecule has 0 atom stereocenters. The maximum absolute atomic E-state index is 12.9. The molecule has 2 aromatic heterocycles. The van der Waals surface area contributed by atoms with Crippen LogP contribution in [0.5, 0.6) is 5.75 Å². The number of nitrogens with zero attached hydrogens (tertiary/aromatic N) is 3. The standard InChI is InChI=1S/C25H26N4O3/c1-16-9-10-22(11-18(16)3)31-15-23-19(4)32-28-24(23)25(30)27-21-12-26-29(14-21)13-20-8-6-5-7-17(20)2/h5-12,14H,13,15H2,1-4H3,(H,27,30). The van der Waals surface area contributed by atoms with E-state index in [1.807, 2.05) is 37.3 Å². The van der Waals surface area contributed by atoms with Crippen LogP contribution in [0.2, 0.25) is 0 Å². The van der Waals surface area contributed by atoms with E-state index in [9.17, 15) is 4.79 Å². The molecule has 0 unspecified atom stereocenters. The summed E-state index contributed by atoms with van der Waals surface area (Å²) in [6, 6.07) is 14.0. The van der Waals surface area contributed by atoms with E-state index in [0.717, 1.165) is 11.3 Å². The average molecular weight is 431 g/mol. The Morgan fingerprint density at radius 2 is 1.88 bits per heavy atom. The molecule has 0 spiro atoms. The van der Waals surface area contributed by atoms with Gasteiger partial charge in [-0.25, -0.2) is 0 Å². The molecule has 0 radical (unpaired) electrons. The third kappa shape index (κ3) is 4.72. The number of hydrogen-bond acceptors (Lipinski definition) is 5. The Labute approximate surface area is 187 Å². The van der Waals surface area contributed by atoms with Crippen LogP contribution in [-0.4, -0.2) is 20.8 Å². The highest BCUT2D eigenvalue weighted by Gasteiger charge is 2.21. The van der Waals surface area contributed by atoms with Gasteiger partial charge in [-0.2, -0.15) is 5.10 Å². The summed E-state index contributed by atoms with van der Waals surface area (Å²) in [4.78, 5) is 12.9. The zero-order chi connectivity index (χ0) is 22.7. The van der Waals surface area contributed by atoms with Crippen molar-refractivity contribution >= 4 is 11.6 Å². The summed E-state index contributed by atoms with van der Waals surface area (Å²) in [5.41, 5.74) is 6.12. The van der Waals surface area contributed by atoms with E-state index in [4.69, 9.17) is 9.26 Å². The van der Waals surface area contributed by atoms with Crippen molar-refractivity contribution in [1.29, 1.82) is 0 Å². The molecule has 1 N–H and O–H groups in total. The van der Waals surface area contributed by atoms with Gasteiger partial charge in [0, 0.05) is 6.20 Å². The molecule has 164 valence electrons. The van der Waals surface area contributed by atoms with Gasteiger partial charge in [0.05, 0.1) is 24.0 Å². The molecule has 7 nitrogen and oxygen atoms in total. The minimum absolute atomic E-state index is 0.188. The number of aryl methyl sites for hydroxylation is 4. The van der Waals surface area contributed by atoms with Gasteiger partial charge in [-0.05, 0) is 62.1 Å². The van der Waals surface area contributed by atoms with Gasteiger partial charge in [-0.1, -0.05) is 35.5 Å². The number of hydrogen-bond donors (Lipinski definition) is 1. The number of anilines is 1. The van der Waals surface area contributed by atoms with Gasteiger partial charge in [0.25, 0.3) is 5.91 Å². The van der Waals surface area contributed by atoms with Gasteiger partial charge >= 0.3 is 0 Å². The van der Waals surface area contributed by atoms with Gasteiger partial charge < -0.3 is 14.6 Å². The summed E-state index contributed by atoms with van der Waals surface area (Å²) in [6.45, 7) is 8.73. The molecule has 4 aromatic rings. The lowest BCUT2D eigenvalue weighted by Crippen LogP contribution is -2.15. The first kappa shape index (κ1) is 21.4. The van der Waals surface area contributed by atoms with Crippen molar-refractivity contribution in [3.05, 3.63) is 94.1 Å². The van der Waals surface area contributed by atoms with E-state index in [1.165, 1.54) is 16.7 Å². The van der Waals surface area contributed by atoms with Crippen molar-refractivity contribution in [3.8, 4) is 5.75 Å². The fourth-order valence-corrected chi connectivity index (χ4v) is 3.37. The van der Waals surface area contributed by atoms with E-state index in [-0.39, 0.29) is 18.2 Å². The van der Waals surface area contributed by atoms with E-state index >= 15 is 0 Å². The maximum atomic E-state index is 12.9. The second kappa shape index (κ2) is 9.09. The van der Waals surface area contributed by atoms with Gasteiger partial charge in [-0.15, -0.1) is 0 Å². The van der Waals surface area contributed by atoms with Crippen LogP contribution in [0.3, 0.4) is 0 Å². The summed E-state index contributed by atoms with van der Waals surface area (Å²) in [5, 5.41) is 11.1. The minimum atomic E-state index is -0.365. The smallest absolute Gasteiger partial charge is 0.278 e. The summed E-state index contributed by atoms with van der Waals surface area (Å²) in [5.74, 6) is 0.919. The van der Waals surface area contributed by atoms with Gasteiger partial charge in [0.15, 0.2) is 5.69 Å². The van der Waals surface area contributed by atoms with E-state index in [0.29, 0.717) is 23.6 Å². The zero-order valence-corrected chi connectivity index (χ0v) is 18.7. The normalized spacial score (nSPS) is 10.9. The Kier molecular flexibility index (Phi) is 6.07. The maximum Gasteiger partial charge on any atom is 0.278 e. The quantitative estimate of drug-likeness (QED) is 0.447. The lowest BCUT2D eigenvalue weighted by atomic mass is 10.1. The van der Waals surface area contributed by atoms with E-state index < -0.39 is 0 Å². The molecule has 32 heavy (non-hydrogen) atoms. The Hall–Kier alpha value is -3.87. The fraction of sp³-hybridized carbons (Fsp3) is 0.240. The third-order valence-electron chi connectivity index (χ3n) is 5.55. The zero-order valence-electron chi connectivity index (χ0n) is 18.7. The molecule has 0 aliphatic heterocycles. The topological polar surface area (TPSA) is 82.2 Å². The minimum Gasteiger partial charge on any atom is -0.489 e. The highest BCUT2D eigenvalue weighted by atomic mass is 16.5. The number of aromatic nitrogens is 3. The summed E-state index contributed by atoms with van der Waals surface area (Å²) in [7, 11) is 0. The highest BCUT2D eigenvalue weighted by molar-refractivity contribution is 6.03. The number of ether oxygens (including phenoxy) is 1. The molecule has 7 heteroatoms. The Morgan fingerprint density at radius 3 is 2.66 bits per heavy atom. The van der Waals surface area contributed by atoms with Crippen molar-refractivity contribution in [2.45, 2.75) is 40.8 Å². The lowest BCUT2D eigenvalue weighted by Gasteiger charge is -2.09. The molecular weight excluding hydrogens is 404 g/mol. The molecule has 0 saturated carbocycles. The third-order valence-corrected chi connectivity index (χ3v) is 5.55. The SMILES string of the molecule is Cc1ccc(OCc2c(C(=O)Nc3cnn(Cc4ccccc4C)c3)noc2C)cc1C. The average Bonchev–Trinajstić information content (AvgIpc) is 3.36. The van der Waals surface area contributed by atoms with Crippen molar-refractivity contribution in [2.24, 2.45) is 0 Å². The van der Waals surface area contributed by atoms with Crippen LogP contribution in [-0.2, 0) is 13.2 Å². The second-order valence-electron chi connectivity index (χ2n) is 7.91. The van der Waals surface area contributed by atoms with Gasteiger partial charge in [0.2, 0.25) is 0 Å². The van der Waals surface area contributed by atoms with Crippen LogP contribution in [0.25, 0.3) is 0 Å². The van der Waals surface area contributed by atoms with Crippen LogP contribution in [0.4, 0.5) is 5.69 Å². The van der Waals surface area contributed by atoms with Gasteiger partial charge in [-0.3, -0.25) is 9.48 Å². The lowest BCUT2D eigenvalue weighted by molar-refractivity contribution is 0.101. The fourth-order valence-electron chi connectivity index (χ4n) is 3.37. The highest BCUT2D eigenvalue weighted by Crippen LogP contribution is 2.21. The molecule has 0 fully saturated rings. The van der Waals surface area contributed by atoms with E-state index in [1.54, 1.807) is 24.0 Å². The summed E-state index contributed by atoms with van der Waals surface area (Å²) >= 11 is 0. The first-order valence-electron chi connectivity index (χ1n) is 10.4. The largest absolute Gasteiger partial charge is 0.489 e. The molecule has 2 aromatic carbocycles.